The van der Waals surface area contributed by atoms with E-state index in [1.165, 1.54) is 0 Å². The lowest BCUT2D eigenvalue weighted by molar-refractivity contribution is 0.177. The molecule has 3 nitrogen and oxygen atoms in total. The lowest BCUT2D eigenvalue weighted by Gasteiger charge is -2.37. The van der Waals surface area contributed by atoms with Gasteiger partial charge < -0.3 is 14.7 Å². The maximum atomic E-state index is 15.1. The molecular weight excluding hydrogens is 608 g/mol. The first kappa shape index (κ1) is 32.1. The largest absolute Gasteiger partial charge is 0.633 e. The van der Waals surface area contributed by atoms with Crippen LogP contribution in [0, 0.1) is 87.3 Å². The third kappa shape index (κ3) is 4.88. The van der Waals surface area contributed by atoms with Crippen LogP contribution in [0.25, 0.3) is 0 Å². The van der Waals surface area contributed by atoms with Crippen molar-refractivity contribution in [2.24, 2.45) is 0 Å². The Morgan fingerprint density at radius 3 is 0.854 bits per heavy atom. The van der Waals surface area contributed by atoms with Gasteiger partial charge in [0.1, 0.15) is 0 Å². The summed E-state index contributed by atoms with van der Waals surface area (Å²) >= 11 is 0. The van der Waals surface area contributed by atoms with Gasteiger partial charge in [-0.1, -0.05) is 0 Å². The molecule has 3 rings (SSSR count). The number of hydrogen-bond acceptors (Lipinski definition) is 3. The predicted molar refractivity (Wildman–Crippen MR) is 104 cm³/mol. The molecule has 222 valence electrons. The normalized spacial score (nSPS) is 11.9. The fourth-order valence-electron chi connectivity index (χ4n) is 4.21. The fraction of sp³-hybridized carbons (Fsp3) is 0.182. The van der Waals surface area contributed by atoms with E-state index >= 15 is 26.3 Å². The third-order valence-corrected chi connectivity index (χ3v) is 5.87. The summed E-state index contributed by atoms with van der Waals surface area (Å²) in [4.78, 5) is 0. The van der Waals surface area contributed by atoms with Gasteiger partial charge in [-0.2, -0.15) is 0 Å². The van der Waals surface area contributed by atoms with Crippen molar-refractivity contribution in [3.05, 3.63) is 104 Å². The highest BCUT2D eigenvalue weighted by molar-refractivity contribution is 6.32. The van der Waals surface area contributed by atoms with Crippen molar-refractivity contribution in [2.45, 2.75) is 18.3 Å². The number of halogens is 15. The van der Waals surface area contributed by atoms with E-state index in [-0.39, 0.29) is 0 Å². The van der Waals surface area contributed by atoms with Crippen LogP contribution >= 0.6 is 0 Å². The second kappa shape index (κ2) is 11.4. The first-order valence-electron chi connectivity index (χ1n) is 10.5. The summed E-state index contributed by atoms with van der Waals surface area (Å²) < 4.78 is 222. The Balaban J connectivity index is 2.77. The number of rotatable bonds is 8. The van der Waals surface area contributed by atoms with Crippen molar-refractivity contribution < 1.29 is 80.6 Å². The molecule has 0 radical (unpaired) electrons. The Bertz CT molecular complexity index is 1290. The van der Waals surface area contributed by atoms with Crippen molar-refractivity contribution >= 4 is 7.32 Å². The molecule has 0 saturated carbocycles. The van der Waals surface area contributed by atoms with Crippen LogP contribution in [0.5, 0.6) is 0 Å². The molecular formula is C22H8BF15O3. The van der Waals surface area contributed by atoms with Gasteiger partial charge in [-0.15, -0.1) is 0 Å². The molecule has 0 amide bonds. The Morgan fingerprint density at radius 1 is 0.415 bits per heavy atom. The van der Waals surface area contributed by atoms with Crippen LogP contribution in [0.1, 0.15) is 29.5 Å². The standard InChI is InChI=1S/C22H8BF15O3/c24-7-4(8(25)14(31)19(36)13(7)30)22(2-1-3-41-23(39)40,5-9(26)15(32)20(37)16(33)10(5)27)6-11(28)17(34)21(38)18(35)12(6)29/h39-40H,1-3H2. The van der Waals surface area contributed by atoms with Crippen LogP contribution < -0.4 is 0 Å². The van der Waals surface area contributed by atoms with Crippen LogP contribution in [-0.2, 0) is 10.1 Å². The average molecular weight is 616 g/mol. The van der Waals surface area contributed by atoms with Gasteiger partial charge in [0.2, 0.25) is 17.5 Å². The molecule has 2 N–H and O–H groups in total. The fourth-order valence-corrected chi connectivity index (χ4v) is 4.21. The van der Waals surface area contributed by atoms with Gasteiger partial charge in [-0.25, -0.2) is 65.9 Å². The molecule has 0 atom stereocenters. The van der Waals surface area contributed by atoms with Gasteiger partial charge in [-0.3, -0.25) is 0 Å². The molecule has 0 aliphatic rings. The van der Waals surface area contributed by atoms with E-state index in [0.29, 0.717) is 0 Å². The van der Waals surface area contributed by atoms with E-state index in [2.05, 4.69) is 4.65 Å². The molecule has 19 heteroatoms. The smallest absolute Gasteiger partial charge is 0.402 e. The minimum atomic E-state index is -4.65. The zero-order valence-corrected chi connectivity index (χ0v) is 19.2. The highest BCUT2D eigenvalue weighted by Crippen LogP contribution is 2.51. The minimum absolute atomic E-state index is 1.25. The summed E-state index contributed by atoms with van der Waals surface area (Å²) in [5.41, 5.74) is -13.1. The monoisotopic (exact) mass is 616 g/mol. The van der Waals surface area contributed by atoms with Crippen molar-refractivity contribution in [3.8, 4) is 0 Å². The van der Waals surface area contributed by atoms with Gasteiger partial charge >= 0.3 is 7.32 Å². The SMILES string of the molecule is OB(O)OCCCC(c1c(F)c(F)c(F)c(F)c1F)(c1c(F)c(F)c(F)c(F)c1F)c1c(F)c(F)c(F)c(F)c1F. The maximum absolute atomic E-state index is 15.1. The summed E-state index contributed by atoms with van der Waals surface area (Å²) in [6, 6.07) is 0. The van der Waals surface area contributed by atoms with Crippen molar-refractivity contribution in [3.63, 3.8) is 0 Å². The summed E-state index contributed by atoms with van der Waals surface area (Å²) in [5, 5.41) is 17.5. The molecule has 0 aliphatic heterocycles. The molecule has 0 bridgehead atoms. The zero-order valence-electron chi connectivity index (χ0n) is 19.2. The highest BCUT2D eigenvalue weighted by atomic mass is 19.2. The highest BCUT2D eigenvalue weighted by Gasteiger charge is 2.53. The lowest BCUT2D eigenvalue weighted by Crippen LogP contribution is -2.39. The molecule has 3 aromatic carbocycles. The molecule has 0 aromatic heterocycles. The Hall–Kier alpha value is -3.45. The van der Waals surface area contributed by atoms with Crippen LogP contribution in [0.2, 0.25) is 0 Å². The molecule has 0 saturated heterocycles. The summed E-state index contributed by atoms with van der Waals surface area (Å²) in [7, 11) is -2.72. The summed E-state index contributed by atoms with van der Waals surface area (Å²) in [6.07, 6.45) is -3.36. The predicted octanol–water partition coefficient (Wildman–Crippen LogP) is 5.87. The maximum Gasteiger partial charge on any atom is 0.633 e. The Morgan fingerprint density at radius 2 is 0.634 bits per heavy atom. The Kier molecular flexibility index (Phi) is 8.95. The lowest BCUT2D eigenvalue weighted by atomic mass is 9.65. The average Bonchev–Trinajstić information content (AvgIpc) is 2.92. The quantitative estimate of drug-likeness (QED) is 0.0832. The van der Waals surface area contributed by atoms with Crippen molar-refractivity contribution in [1.82, 2.24) is 0 Å². The van der Waals surface area contributed by atoms with Gasteiger partial charge in [0.25, 0.3) is 0 Å². The van der Waals surface area contributed by atoms with E-state index in [4.69, 9.17) is 10.0 Å². The first-order chi connectivity index (χ1) is 18.9. The van der Waals surface area contributed by atoms with Gasteiger partial charge in [0.15, 0.2) is 69.8 Å². The van der Waals surface area contributed by atoms with Gasteiger partial charge in [0, 0.05) is 23.3 Å². The minimum Gasteiger partial charge on any atom is -0.402 e. The van der Waals surface area contributed by atoms with Gasteiger partial charge in [-0.05, 0) is 12.8 Å². The second-order valence-electron chi connectivity index (χ2n) is 8.04. The Labute approximate surface area is 217 Å². The molecule has 3 aromatic rings. The van der Waals surface area contributed by atoms with E-state index in [1.54, 1.807) is 0 Å². The number of benzene rings is 3. The topological polar surface area (TPSA) is 49.7 Å². The molecule has 0 fully saturated rings. The molecule has 0 unspecified atom stereocenters. The van der Waals surface area contributed by atoms with Crippen LogP contribution in [0.3, 0.4) is 0 Å². The van der Waals surface area contributed by atoms with E-state index in [0.717, 1.165) is 0 Å². The van der Waals surface area contributed by atoms with E-state index in [1.807, 2.05) is 0 Å². The van der Waals surface area contributed by atoms with Crippen LogP contribution in [0.15, 0.2) is 0 Å². The molecule has 41 heavy (non-hydrogen) atoms. The molecule has 0 aliphatic carbocycles. The zero-order chi connectivity index (χ0) is 31.3. The van der Waals surface area contributed by atoms with Crippen LogP contribution in [0.4, 0.5) is 65.9 Å². The van der Waals surface area contributed by atoms with Gasteiger partial charge in [0.05, 0.1) is 5.41 Å². The summed E-state index contributed by atoms with van der Waals surface area (Å²) in [6.45, 7) is -1.25. The van der Waals surface area contributed by atoms with Crippen molar-refractivity contribution in [2.75, 3.05) is 6.61 Å². The van der Waals surface area contributed by atoms with Crippen molar-refractivity contribution in [1.29, 1.82) is 0 Å². The molecule has 0 heterocycles. The summed E-state index contributed by atoms with van der Waals surface area (Å²) in [5.74, 6) is -46.7. The number of hydrogen-bond donors (Lipinski definition) is 2. The van der Waals surface area contributed by atoms with Crippen LogP contribution in [-0.4, -0.2) is 24.0 Å². The van der Waals surface area contributed by atoms with E-state index in [9.17, 15) is 39.5 Å². The second-order valence-corrected chi connectivity index (χ2v) is 8.04. The van der Waals surface area contributed by atoms with E-state index < -0.39 is 136 Å². The third-order valence-electron chi connectivity index (χ3n) is 5.87. The molecule has 0 spiro atoms. The first-order valence-corrected chi connectivity index (χ1v) is 10.5.